The van der Waals surface area contributed by atoms with Gasteiger partial charge in [-0.1, -0.05) is 38.0 Å². The highest BCUT2D eigenvalue weighted by Gasteiger charge is 2.47. The molecule has 0 aromatic heterocycles. The maximum atomic E-state index is 12.9. The van der Waals surface area contributed by atoms with Crippen LogP contribution >= 0.6 is 0 Å². The summed E-state index contributed by atoms with van der Waals surface area (Å²) in [6.07, 6.45) is 3.56. The fourth-order valence-corrected chi connectivity index (χ4v) is 3.31. The average molecular weight is 361 g/mol. The van der Waals surface area contributed by atoms with Gasteiger partial charge in [0.1, 0.15) is 5.54 Å². The lowest BCUT2D eigenvalue weighted by atomic mass is 9.93. The van der Waals surface area contributed by atoms with Gasteiger partial charge < -0.3 is 11.1 Å². The molecule has 8 nitrogen and oxygen atoms in total. The third-order valence-electron chi connectivity index (χ3n) is 4.56. The number of benzene rings is 1. The van der Waals surface area contributed by atoms with Crippen LogP contribution < -0.4 is 26.8 Å². The Kier molecular flexibility index (Phi) is 6.97. The predicted octanol–water partition coefficient (Wildman–Crippen LogP) is 1.03. The molecule has 1 aliphatic rings. The Morgan fingerprint density at radius 1 is 1.15 bits per heavy atom. The first kappa shape index (κ1) is 19.7. The van der Waals surface area contributed by atoms with Crippen LogP contribution in [0.15, 0.2) is 30.3 Å². The number of nitrogens with zero attached hydrogens (tertiary/aromatic N) is 1. The molecule has 0 radical (unpaired) electrons. The van der Waals surface area contributed by atoms with Crippen LogP contribution in [0, 0.1) is 0 Å². The zero-order valence-electron chi connectivity index (χ0n) is 15.1. The minimum atomic E-state index is -1.02. The van der Waals surface area contributed by atoms with Crippen LogP contribution in [-0.4, -0.2) is 36.5 Å². The van der Waals surface area contributed by atoms with Gasteiger partial charge in [0.05, 0.1) is 6.54 Å². The molecule has 8 heteroatoms. The molecule has 5 N–H and O–H groups in total. The Balaban J connectivity index is 2.13. The van der Waals surface area contributed by atoms with Crippen LogP contribution in [0.3, 0.4) is 0 Å². The number of nitrogens with one attached hydrogen (secondary N) is 3. The molecule has 0 spiro atoms. The van der Waals surface area contributed by atoms with Gasteiger partial charge >= 0.3 is 6.03 Å². The van der Waals surface area contributed by atoms with Crippen LogP contribution in [0.5, 0.6) is 0 Å². The normalized spacial score (nSPS) is 15.3. The van der Waals surface area contributed by atoms with E-state index in [4.69, 9.17) is 5.73 Å². The third kappa shape index (κ3) is 4.51. The SMILES string of the molecule is CCCNC(=O)NNCC(=O)N(c1ccccc1)C1(C(N)=O)CCCC1. The number of para-hydroxylation sites is 1. The summed E-state index contributed by atoms with van der Waals surface area (Å²) in [6.45, 7) is 2.34. The molecule has 0 unspecified atom stereocenters. The summed E-state index contributed by atoms with van der Waals surface area (Å²) < 4.78 is 0. The van der Waals surface area contributed by atoms with Gasteiger partial charge in [0.25, 0.3) is 0 Å². The van der Waals surface area contributed by atoms with Crippen molar-refractivity contribution in [1.82, 2.24) is 16.2 Å². The Morgan fingerprint density at radius 2 is 1.81 bits per heavy atom. The van der Waals surface area contributed by atoms with Crippen LogP contribution in [0.4, 0.5) is 10.5 Å². The maximum absolute atomic E-state index is 12.9. The minimum Gasteiger partial charge on any atom is -0.368 e. The molecular weight excluding hydrogens is 334 g/mol. The first-order chi connectivity index (χ1) is 12.5. The standard InChI is InChI=1S/C18H27N5O3/c1-2-12-20-17(26)22-21-13-15(24)23(14-8-4-3-5-9-14)18(16(19)25)10-6-7-11-18/h3-5,8-9,21H,2,6-7,10-13H2,1H3,(H2,19,25)(H2,20,22,26). The second kappa shape index (κ2) is 9.19. The van der Waals surface area contributed by atoms with Crippen molar-refractivity contribution in [3.63, 3.8) is 0 Å². The van der Waals surface area contributed by atoms with E-state index in [1.165, 1.54) is 4.90 Å². The predicted molar refractivity (Wildman–Crippen MR) is 99.1 cm³/mol. The second-order valence-electron chi connectivity index (χ2n) is 6.40. The van der Waals surface area contributed by atoms with Gasteiger partial charge in [-0.05, 0) is 31.4 Å². The van der Waals surface area contributed by atoms with Crippen molar-refractivity contribution in [1.29, 1.82) is 0 Å². The van der Waals surface area contributed by atoms with Crippen molar-refractivity contribution in [2.45, 2.75) is 44.6 Å². The van der Waals surface area contributed by atoms with E-state index in [0.29, 0.717) is 25.1 Å². The molecule has 0 bridgehead atoms. The number of hydrogen-bond donors (Lipinski definition) is 4. The van der Waals surface area contributed by atoms with Gasteiger partial charge in [-0.15, -0.1) is 0 Å². The number of anilines is 1. The second-order valence-corrected chi connectivity index (χ2v) is 6.40. The van der Waals surface area contributed by atoms with Gasteiger partial charge in [-0.2, -0.15) is 0 Å². The lowest BCUT2D eigenvalue weighted by molar-refractivity contribution is -0.128. The van der Waals surface area contributed by atoms with Crippen molar-refractivity contribution in [2.75, 3.05) is 18.0 Å². The molecule has 2 rings (SSSR count). The monoisotopic (exact) mass is 361 g/mol. The molecule has 1 fully saturated rings. The molecule has 26 heavy (non-hydrogen) atoms. The number of hydrogen-bond acceptors (Lipinski definition) is 4. The molecule has 4 amide bonds. The zero-order valence-corrected chi connectivity index (χ0v) is 15.1. The van der Waals surface area contributed by atoms with Crippen molar-refractivity contribution in [2.24, 2.45) is 5.73 Å². The Hall–Kier alpha value is -2.61. The lowest BCUT2D eigenvalue weighted by Crippen LogP contribution is -2.61. The number of amides is 4. The van der Waals surface area contributed by atoms with E-state index < -0.39 is 17.5 Å². The highest BCUT2D eigenvalue weighted by Crippen LogP contribution is 2.38. The van der Waals surface area contributed by atoms with E-state index in [2.05, 4.69) is 16.2 Å². The van der Waals surface area contributed by atoms with E-state index in [1.807, 2.05) is 25.1 Å². The van der Waals surface area contributed by atoms with Crippen LogP contribution in [0.1, 0.15) is 39.0 Å². The molecule has 1 aromatic rings. The molecule has 0 aliphatic heterocycles. The van der Waals surface area contributed by atoms with Gasteiger partial charge in [0, 0.05) is 12.2 Å². The number of urea groups is 1. The van der Waals surface area contributed by atoms with Crippen LogP contribution in [-0.2, 0) is 9.59 Å². The van der Waals surface area contributed by atoms with Crippen molar-refractivity contribution >= 4 is 23.5 Å². The lowest BCUT2D eigenvalue weighted by Gasteiger charge is -2.39. The van der Waals surface area contributed by atoms with Gasteiger partial charge in [0.15, 0.2) is 0 Å². The van der Waals surface area contributed by atoms with Gasteiger partial charge in [-0.25, -0.2) is 10.2 Å². The zero-order chi connectivity index (χ0) is 19.0. The van der Waals surface area contributed by atoms with E-state index in [0.717, 1.165) is 19.3 Å². The molecule has 1 aromatic carbocycles. The summed E-state index contributed by atoms with van der Waals surface area (Å²) in [6, 6.07) is 8.61. The fourth-order valence-electron chi connectivity index (χ4n) is 3.31. The minimum absolute atomic E-state index is 0.149. The van der Waals surface area contributed by atoms with E-state index >= 15 is 0 Å². The first-order valence-electron chi connectivity index (χ1n) is 8.96. The number of rotatable bonds is 8. The summed E-state index contributed by atoms with van der Waals surface area (Å²) >= 11 is 0. The largest absolute Gasteiger partial charge is 0.368 e. The first-order valence-corrected chi connectivity index (χ1v) is 8.96. The Morgan fingerprint density at radius 3 is 2.38 bits per heavy atom. The molecule has 142 valence electrons. The fraction of sp³-hybridized carbons (Fsp3) is 0.500. The third-order valence-corrected chi connectivity index (χ3v) is 4.56. The molecule has 1 aliphatic carbocycles. The summed E-state index contributed by atoms with van der Waals surface area (Å²) in [5.41, 5.74) is 10.3. The number of primary amides is 1. The molecule has 0 saturated heterocycles. The summed E-state index contributed by atoms with van der Waals surface area (Å²) in [7, 11) is 0. The summed E-state index contributed by atoms with van der Waals surface area (Å²) in [4.78, 5) is 38.2. The number of carbonyl (C=O) groups excluding carboxylic acids is 3. The van der Waals surface area contributed by atoms with E-state index in [9.17, 15) is 14.4 Å². The van der Waals surface area contributed by atoms with Crippen molar-refractivity contribution in [3.05, 3.63) is 30.3 Å². The molecule has 1 saturated carbocycles. The quantitative estimate of drug-likeness (QED) is 0.517. The molecule has 0 heterocycles. The number of carbonyl (C=O) groups is 3. The van der Waals surface area contributed by atoms with Crippen molar-refractivity contribution in [3.8, 4) is 0 Å². The number of hydrazine groups is 1. The van der Waals surface area contributed by atoms with Crippen LogP contribution in [0.25, 0.3) is 0 Å². The topological polar surface area (TPSA) is 117 Å². The summed E-state index contributed by atoms with van der Waals surface area (Å²) in [5.74, 6) is -0.825. The highest BCUT2D eigenvalue weighted by atomic mass is 16.2. The summed E-state index contributed by atoms with van der Waals surface area (Å²) in [5, 5.41) is 2.64. The van der Waals surface area contributed by atoms with E-state index in [-0.39, 0.29) is 12.5 Å². The Bertz CT molecular complexity index is 629. The van der Waals surface area contributed by atoms with Crippen molar-refractivity contribution < 1.29 is 14.4 Å². The molecular formula is C18H27N5O3. The smallest absolute Gasteiger partial charge is 0.329 e. The number of nitrogens with two attached hydrogens (primary N) is 1. The van der Waals surface area contributed by atoms with E-state index in [1.54, 1.807) is 12.1 Å². The van der Waals surface area contributed by atoms with Gasteiger partial charge in [0.2, 0.25) is 11.8 Å². The van der Waals surface area contributed by atoms with Gasteiger partial charge in [-0.3, -0.25) is 19.9 Å². The van der Waals surface area contributed by atoms with Crippen LogP contribution in [0.2, 0.25) is 0 Å². The highest BCUT2D eigenvalue weighted by molar-refractivity contribution is 6.04. The molecule has 0 atom stereocenters. The maximum Gasteiger partial charge on any atom is 0.329 e. The average Bonchev–Trinajstić information content (AvgIpc) is 3.12. The Labute approximate surface area is 153 Å².